The molecule has 1 aromatic heterocycles. The lowest BCUT2D eigenvalue weighted by Gasteiger charge is -2.09. The van der Waals surface area contributed by atoms with E-state index in [1.54, 1.807) is 18.2 Å². The molecule has 0 saturated carbocycles. The van der Waals surface area contributed by atoms with Gasteiger partial charge in [0.05, 0.1) is 11.3 Å². The molecule has 0 saturated heterocycles. The minimum absolute atomic E-state index is 0.0974. The van der Waals surface area contributed by atoms with Crippen molar-refractivity contribution in [2.24, 2.45) is 0 Å². The van der Waals surface area contributed by atoms with Gasteiger partial charge in [0.2, 0.25) is 0 Å². The van der Waals surface area contributed by atoms with Gasteiger partial charge in [-0.1, -0.05) is 30.7 Å². The van der Waals surface area contributed by atoms with Crippen molar-refractivity contribution >= 4 is 11.6 Å². The fourth-order valence-electron chi connectivity index (χ4n) is 2.22. The third kappa shape index (κ3) is 3.25. The number of rotatable bonds is 5. The maximum atomic E-state index is 12.4. The Bertz CT molecular complexity index is 749. The summed E-state index contributed by atoms with van der Waals surface area (Å²) in [4.78, 5) is 26.9. The van der Waals surface area contributed by atoms with Gasteiger partial charge in [-0.3, -0.25) is 9.78 Å². The van der Waals surface area contributed by atoms with Crippen molar-refractivity contribution in [1.82, 2.24) is 9.55 Å². The molecule has 0 bridgehead atoms. The number of benzene rings is 1. The van der Waals surface area contributed by atoms with E-state index < -0.39 is 11.2 Å². The van der Waals surface area contributed by atoms with Crippen LogP contribution in [0.2, 0.25) is 5.15 Å². The molecule has 0 amide bonds. The molecule has 0 aliphatic heterocycles. The highest BCUT2D eigenvalue weighted by molar-refractivity contribution is 6.30. The van der Waals surface area contributed by atoms with Crippen LogP contribution in [0.1, 0.15) is 24.5 Å². The van der Waals surface area contributed by atoms with Crippen molar-refractivity contribution in [3.05, 3.63) is 61.4 Å². The standard InChI is InChI=1S/C15H17ClN2O3/c1-2-12-13(16)17-15(21)18(14(12)20)11-7-3-5-10(9-11)6-4-8-19/h3,5,7,9,19H,2,4,6,8H2,1H3,(H,17,21). The average Bonchev–Trinajstić information content (AvgIpc) is 2.45. The molecule has 0 unspecified atom stereocenters. The fourth-order valence-corrected chi connectivity index (χ4v) is 2.52. The second kappa shape index (κ2) is 6.74. The van der Waals surface area contributed by atoms with Crippen LogP contribution in [0.15, 0.2) is 33.9 Å². The Morgan fingerprint density at radius 3 is 2.76 bits per heavy atom. The number of aliphatic hydroxyl groups excluding tert-OH is 1. The lowest BCUT2D eigenvalue weighted by atomic mass is 10.1. The van der Waals surface area contributed by atoms with Gasteiger partial charge in [0.1, 0.15) is 5.15 Å². The van der Waals surface area contributed by atoms with Crippen molar-refractivity contribution < 1.29 is 5.11 Å². The van der Waals surface area contributed by atoms with Gasteiger partial charge in [-0.05, 0) is 37.0 Å². The van der Waals surface area contributed by atoms with Crippen LogP contribution in [0.4, 0.5) is 0 Å². The predicted octanol–water partition coefficient (Wildman–Crippen LogP) is 1.67. The van der Waals surface area contributed by atoms with Crippen LogP contribution in [0.25, 0.3) is 5.69 Å². The highest BCUT2D eigenvalue weighted by Gasteiger charge is 2.12. The molecule has 6 heteroatoms. The van der Waals surface area contributed by atoms with Crippen molar-refractivity contribution in [1.29, 1.82) is 0 Å². The van der Waals surface area contributed by atoms with Crippen LogP contribution in [0.5, 0.6) is 0 Å². The van der Waals surface area contributed by atoms with Crippen LogP contribution in [-0.4, -0.2) is 21.3 Å². The van der Waals surface area contributed by atoms with Gasteiger partial charge in [0, 0.05) is 6.61 Å². The van der Waals surface area contributed by atoms with E-state index in [1.165, 1.54) is 0 Å². The fraction of sp³-hybridized carbons (Fsp3) is 0.333. The van der Waals surface area contributed by atoms with E-state index >= 15 is 0 Å². The maximum absolute atomic E-state index is 12.4. The third-order valence-electron chi connectivity index (χ3n) is 3.29. The molecular formula is C15H17ClN2O3. The van der Waals surface area contributed by atoms with Crippen LogP contribution in [0, 0.1) is 0 Å². The molecule has 0 aliphatic carbocycles. The largest absolute Gasteiger partial charge is 0.396 e. The summed E-state index contributed by atoms with van der Waals surface area (Å²) in [6.07, 6.45) is 1.76. The van der Waals surface area contributed by atoms with Gasteiger partial charge in [0.15, 0.2) is 0 Å². The summed E-state index contributed by atoms with van der Waals surface area (Å²) >= 11 is 5.90. The van der Waals surface area contributed by atoms with Crippen LogP contribution in [0.3, 0.4) is 0 Å². The molecule has 1 aromatic carbocycles. The highest BCUT2D eigenvalue weighted by Crippen LogP contribution is 2.11. The molecule has 0 atom stereocenters. The second-order valence-electron chi connectivity index (χ2n) is 4.71. The van der Waals surface area contributed by atoms with Crippen molar-refractivity contribution in [3.8, 4) is 5.69 Å². The summed E-state index contributed by atoms with van der Waals surface area (Å²) < 4.78 is 1.09. The molecule has 2 aromatic rings. The normalized spacial score (nSPS) is 10.8. The number of halogens is 1. The Balaban J connectivity index is 2.57. The van der Waals surface area contributed by atoms with Gasteiger partial charge in [0.25, 0.3) is 5.56 Å². The Morgan fingerprint density at radius 1 is 1.33 bits per heavy atom. The first-order valence-electron chi connectivity index (χ1n) is 6.82. The zero-order valence-corrected chi connectivity index (χ0v) is 12.5. The van der Waals surface area contributed by atoms with Crippen molar-refractivity contribution in [2.75, 3.05) is 6.61 Å². The summed E-state index contributed by atoms with van der Waals surface area (Å²) in [5.41, 5.74) is 0.896. The number of aromatic nitrogens is 2. The summed E-state index contributed by atoms with van der Waals surface area (Å²) in [6.45, 7) is 1.91. The van der Waals surface area contributed by atoms with E-state index in [0.29, 0.717) is 30.5 Å². The van der Waals surface area contributed by atoms with Gasteiger partial charge in [-0.15, -0.1) is 0 Å². The number of nitrogens with one attached hydrogen (secondary N) is 1. The summed E-state index contributed by atoms with van der Waals surface area (Å²) in [6, 6.07) is 7.16. The van der Waals surface area contributed by atoms with Gasteiger partial charge in [-0.25, -0.2) is 9.36 Å². The Kier molecular flexibility index (Phi) is 4.98. The number of nitrogens with zero attached hydrogens (tertiary/aromatic N) is 1. The topological polar surface area (TPSA) is 75.1 Å². The Labute approximate surface area is 126 Å². The second-order valence-corrected chi connectivity index (χ2v) is 5.09. The quantitative estimate of drug-likeness (QED) is 0.825. The molecule has 1 heterocycles. The summed E-state index contributed by atoms with van der Waals surface area (Å²) in [5.74, 6) is 0. The maximum Gasteiger partial charge on any atom is 0.334 e. The molecule has 0 aliphatic rings. The van der Waals surface area contributed by atoms with Crippen LogP contribution >= 0.6 is 11.6 Å². The number of aliphatic hydroxyl groups is 1. The Morgan fingerprint density at radius 2 is 2.10 bits per heavy atom. The molecule has 112 valence electrons. The minimum atomic E-state index is -0.554. The van der Waals surface area contributed by atoms with Gasteiger partial charge < -0.3 is 5.11 Å². The van der Waals surface area contributed by atoms with Crippen LogP contribution < -0.4 is 11.2 Å². The molecule has 0 radical (unpaired) electrons. The van der Waals surface area contributed by atoms with Gasteiger partial charge in [-0.2, -0.15) is 0 Å². The molecular weight excluding hydrogens is 292 g/mol. The van der Waals surface area contributed by atoms with E-state index in [2.05, 4.69) is 4.98 Å². The van der Waals surface area contributed by atoms with Crippen LogP contribution in [-0.2, 0) is 12.8 Å². The van der Waals surface area contributed by atoms with E-state index in [0.717, 1.165) is 10.1 Å². The number of aromatic amines is 1. The number of hydrogen-bond acceptors (Lipinski definition) is 3. The molecule has 5 nitrogen and oxygen atoms in total. The smallest absolute Gasteiger partial charge is 0.334 e. The minimum Gasteiger partial charge on any atom is -0.396 e. The Hall–Kier alpha value is -1.85. The number of H-pyrrole nitrogens is 1. The first-order valence-corrected chi connectivity index (χ1v) is 7.20. The lowest BCUT2D eigenvalue weighted by Crippen LogP contribution is -2.36. The summed E-state index contributed by atoms with van der Waals surface area (Å²) in [7, 11) is 0. The lowest BCUT2D eigenvalue weighted by molar-refractivity contribution is 0.288. The third-order valence-corrected chi connectivity index (χ3v) is 3.61. The van der Waals surface area contributed by atoms with E-state index in [9.17, 15) is 9.59 Å². The van der Waals surface area contributed by atoms with E-state index in [4.69, 9.17) is 16.7 Å². The highest BCUT2D eigenvalue weighted by atomic mass is 35.5. The molecule has 2 N–H and O–H groups in total. The first-order chi connectivity index (χ1) is 10.1. The van der Waals surface area contributed by atoms with Crippen molar-refractivity contribution in [2.45, 2.75) is 26.2 Å². The molecule has 21 heavy (non-hydrogen) atoms. The number of aryl methyl sites for hydroxylation is 1. The van der Waals surface area contributed by atoms with Crippen molar-refractivity contribution in [3.63, 3.8) is 0 Å². The van der Waals surface area contributed by atoms with E-state index in [1.807, 2.05) is 13.0 Å². The number of hydrogen-bond donors (Lipinski definition) is 2. The molecule has 0 fully saturated rings. The SMILES string of the molecule is CCc1c(Cl)[nH]c(=O)n(-c2cccc(CCCO)c2)c1=O. The zero-order chi connectivity index (χ0) is 15.4. The first kappa shape index (κ1) is 15.5. The molecule has 2 rings (SSSR count). The predicted molar refractivity (Wildman–Crippen MR) is 82.5 cm³/mol. The average molecular weight is 309 g/mol. The molecule has 0 spiro atoms. The zero-order valence-electron chi connectivity index (χ0n) is 11.7. The van der Waals surface area contributed by atoms with Gasteiger partial charge >= 0.3 is 5.69 Å². The van der Waals surface area contributed by atoms with E-state index in [-0.39, 0.29) is 11.8 Å². The monoisotopic (exact) mass is 308 g/mol. The summed E-state index contributed by atoms with van der Waals surface area (Å²) in [5, 5.41) is 8.97.